The Kier molecular flexibility index (Phi) is 5.40. The molecule has 0 saturated carbocycles. The van der Waals surface area contributed by atoms with Crippen LogP contribution in [0.2, 0.25) is 5.02 Å². The lowest BCUT2D eigenvalue weighted by Gasteiger charge is -2.21. The molecule has 0 aliphatic heterocycles. The lowest BCUT2D eigenvalue weighted by atomic mass is 10.1. The number of para-hydroxylation sites is 1. The van der Waals surface area contributed by atoms with Crippen LogP contribution in [-0.2, 0) is 9.59 Å². The van der Waals surface area contributed by atoms with Crippen LogP contribution in [0.4, 0.5) is 11.4 Å². The van der Waals surface area contributed by atoms with Crippen LogP contribution in [0.5, 0.6) is 0 Å². The molecule has 0 aliphatic rings. The van der Waals surface area contributed by atoms with E-state index in [0.29, 0.717) is 16.4 Å². The molecule has 0 bridgehead atoms. The van der Waals surface area contributed by atoms with Crippen LogP contribution in [0.3, 0.4) is 0 Å². The van der Waals surface area contributed by atoms with E-state index in [2.05, 4.69) is 5.32 Å². The summed E-state index contributed by atoms with van der Waals surface area (Å²) in [6, 6.07) is 12.7. The quantitative estimate of drug-likeness (QED) is 0.922. The van der Waals surface area contributed by atoms with Gasteiger partial charge in [0.05, 0.1) is 10.7 Å². The van der Waals surface area contributed by atoms with E-state index in [1.807, 2.05) is 32.0 Å². The van der Waals surface area contributed by atoms with E-state index in [0.717, 1.165) is 11.1 Å². The normalized spacial score (nSPS) is 10.3. The number of anilines is 2. The van der Waals surface area contributed by atoms with Crippen LogP contribution in [-0.4, -0.2) is 18.4 Å². The fourth-order valence-electron chi connectivity index (χ4n) is 2.17. The van der Waals surface area contributed by atoms with Gasteiger partial charge in [0.2, 0.25) is 11.8 Å². The molecule has 23 heavy (non-hydrogen) atoms. The summed E-state index contributed by atoms with van der Waals surface area (Å²) in [6.45, 7) is 5.35. The minimum absolute atomic E-state index is 0.0664. The SMILES string of the molecule is CC(=O)N(CC(=O)Nc1ccccc1Cl)c1ccc(C)c(C)c1. The summed E-state index contributed by atoms with van der Waals surface area (Å²) in [6.07, 6.45) is 0. The predicted octanol–water partition coefficient (Wildman–Crippen LogP) is 3.95. The van der Waals surface area contributed by atoms with Gasteiger partial charge in [-0.1, -0.05) is 29.8 Å². The molecule has 0 unspecified atom stereocenters. The zero-order valence-corrected chi connectivity index (χ0v) is 14.1. The second kappa shape index (κ2) is 7.29. The number of nitrogens with one attached hydrogen (secondary N) is 1. The monoisotopic (exact) mass is 330 g/mol. The van der Waals surface area contributed by atoms with E-state index in [1.165, 1.54) is 11.8 Å². The zero-order valence-electron chi connectivity index (χ0n) is 13.4. The second-order valence-electron chi connectivity index (χ2n) is 5.40. The first-order valence-corrected chi connectivity index (χ1v) is 7.66. The number of carbonyl (C=O) groups excluding carboxylic acids is 2. The highest BCUT2D eigenvalue weighted by atomic mass is 35.5. The molecule has 2 amide bonds. The molecule has 0 radical (unpaired) electrons. The molecule has 1 N–H and O–H groups in total. The van der Waals surface area contributed by atoms with E-state index in [4.69, 9.17) is 11.6 Å². The van der Waals surface area contributed by atoms with E-state index < -0.39 is 0 Å². The number of hydrogen-bond acceptors (Lipinski definition) is 2. The van der Waals surface area contributed by atoms with Crippen molar-refractivity contribution in [1.29, 1.82) is 0 Å². The number of amides is 2. The lowest BCUT2D eigenvalue weighted by molar-refractivity contribution is -0.120. The van der Waals surface area contributed by atoms with Crippen LogP contribution >= 0.6 is 11.6 Å². The van der Waals surface area contributed by atoms with Crippen molar-refractivity contribution >= 4 is 34.8 Å². The summed E-state index contributed by atoms with van der Waals surface area (Å²) >= 11 is 6.03. The average molecular weight is 331 g/mol. The van der Waals surface area contributed by atoms with Gasteiger partial charge in [0.25, 0.3) is 0 Å². The summed E-state index contributed by atoms with van der Waals surface area (Å²) in [5.41, 5.74) is 3.44. The number of nitrogens with zero attached hydrogens (tertiary/aromatic N) is 1. The van der Waals surface area contributed by atoms with Gasteiger partial charge in [0, 0.05) is 12.6 Å². The first kappa shape index (κ1) is 17.0. The van der Waals surface area contributed by atoms with Crippen molar-refractivity contribution in [1.82, 2.24) is 0 Å². The standard InChI is InChI=1S/C18H19ClN2O2/c1-12-8-9-15(10-13(12)2)21(14(3)22)11-18(23)20-17-7-5-4-6-16(17)19/h4-10H,11H2,1-3H3,(H,20,23). The van der Waals surface area contributed by atoms with Gasteiger partial charge in [-0.25, -0.2) is 0 Å². The fraction of sp³-hybridized carbons (Fsp3) is 0.222. The van der Waals surface area contributed by atoms with E-state index in [1.54, 1.807) is 24.3 Å². The maximum atomic E-state index is 12.2. The Morgan fingerprint density at radius 2 is 1.78 bits per heavy atom. The van der Waals surface area contributed by atoms with Gasteiger partial charge in [0.15, 0.2) is 0 Å². The van der Waals surface area contributed by atoms with E-state index >= 15 is 0 Å². The Morgan fingerprint density at radius 1 is 1.09 bits per heavy atom. The Balaban J connectivity index is 2.16. The number of rotatable bonds is 4. The molecule has 120 valence electrons. The van der Waals surface area contributed by atoms with Crippen molar-refractivity contribution in [3.63, 3.8) is 0 Å². The first-order valence-electron chi connectivity index (χ1n) is 7.28. The Hall–Kier alpha value is -2.33. The van der Waals surface area contributed by atoms with Crippen LogP contribution in [0.15, 0.2) is 42.5 Å². The van der Waals surface area contributed by atoms with Crippen molar-refractivity contribution in [2.24, 2.45) is 0 Å². The predicted molar refractivity (Wildman–Crippen MR) is 94.0 cm³/mol. The Morgan fingerprint density at radius 3 is 2.39 bits per heavy atom. The van der Waals surface area contributed by atoms with Crippen LogP contribution in [0.25, 0.3) is 0 Å². The van der Waals surface area contributed by atoms with Crippen molar-refractivity contribution < 1.29 is 9.59 Å². The molecule has 0 aliphatic carbocycles. The molecule has 0 aromatic heterocycles. The number of halogens is 1. The minimum Gasteiger partial charge on any atom is -0.323 e. The third-order valence-electron chi connectivity index (χ3n) is 3.63. The fourth-order valence-corrected chi connectivity index (χ4v) is 2.36. The smallest absolute Gasteiger partial charge is 0.244 e. The van der Waals surface area contributed by atoms with Crippen LogP contribution in [0, 0.1) is 13.8 Å². The van der Waals surface area contributed by atoms with E-state index in [-0.39, 0.29) is 18.4 Å². The second-order valence-corrected chi connectivity index (χ2v) is 5.81. The highest BCUT2D eigenvalue weighted by Crippen LogP contribution is 2.22. The average Bonchev–Trinajstić information content (AvgIpc) is 2.50. The van der Waals surface area contributed by atoms with Gasteiger partial charge < -0.3 is 10.2 Å². The summed E-state index contributed by atoms with van der Waals surface area (Å²) in [5, 5.41) is 3.19. The van der Waals surface area contributed by atoms with Gasteiger partial charge in [0.1, 0.15) is 6.54 Å². The van der Waals surface area contributed by atoms with Crippen molar-refractivity contribution in [3.05, 3.63) is 58.6 Å². The summed E-state index contributed by atoms with van der Waals surface area (Å²) in [7, 11) is 0. The largest absolute Gasteiger partial charge is 0.323 e. The molecule has 0 atom stereocenters. The maximum absolute atomic E-state index is 12.2. The van der Waals surface area contributed by atoms with Crippen molar-refractivity contribution in [2.75, 3.05) is 16.8 Å². The van der Waals surface area contributed by atoms with Crippen molar-refractivity contribution in [3.8, 4) is 0 Å². The molecule has 0 fully saturated rings. The van der Waals surface area contributed by atoms with Crippen LogP contribution in [0.1, 0.15) is 18.1 Å². The van der Waals surface area contributed by atoms with Crippen LogP contribution < -0.4 is 10.2 Å². The first-order chi connectivity index (χ1) is 10.9. The number of benzene rings is 2. The Labute approximate surface area is 141 Å². The topological polar surface area (TPSA) is 49.4 Å². The highest BCUT2D eigenvalue weighted by Gasteiger charge is 2.17. The molecule has 0 saturated heterocycles. The molecule has 2 aromatic rings. The molecular formula is C18H19ClN2O2. The van der Waals surface area contributed by atoms with E-state index in [9.17, 15) is 9.59 Å². The summed E-state index contributed by atoms with van der Waals surface area (Å²) < 4.78 is 0. The zero-order chi connectivity index (χ0) is 17.0. The third kappa shape index (κ3) is 4.33. The third-order valence-corrected chi connectivity index (χ3v) is 3.96. The summed E-state index contributed by atoms with van der Waals surface area (Å²) in [5.74, 6) is -0.492. The van der Waals surface area contributed by atoms with Gasteiger partial charge in [-0.05, 0) is 49.2 Å². The van der Waals surface area contributed by atoms with Gasteiger partial charge in [-0.15, -0.1) is 0 Å². The molecule has 2 aromatic carbocycles. The molecular weight excluding hydrogens is 312 g/mol. The lowest BCUT2D eigenvalue weighted by Crippen LogP contribution is -2.36. The molecule has 4 nitrogen and oxygen atoms in total. The molecule has 2 rings (SSSR count). The summed E-state index contributed by atoms with van der Waals surface area (Å²) in [4.78, 5) is 25.6. The Bertz CT molecular complexity index is 744. The van der Waals surface area contributed by atoms with Crippen molar-refractivity contribution in [2.45, 2.75) is 20.8 Å². The van der Waals surface area contributed by atoms with Gasteiger partial charge >= 0.3 is 0 Å². The van der Waals surface area contributed by atoms with Gasteiger partial charge in [-0.2, -0.15) is 0 Å². The molecule has 0 spiro atoms. The highest BCUT2D eigenvalue weighted by molar-refractivity contribution is 6.33. The molecule has 5 heteroatoms. The molecule has 0 heterocycles. The number of carbonyl (C=O) groups is 2. The van der Waals surface area contributed by atoms with Gasteiger partial charge in [-0.3, -0.25) is 9.59 Å². The number of aryl methyl sites for hydroxylation is 2. The number of hydrogen-bond donors (Lipinski definition) is 1. The maximum Gasteiger partial charge on any atom is 0.244 e. The minimum atomic E-state index is -0.300.